The summed E-state index contributed by atoms with van der Waals surface area (Å²) in [4.78, 5) is 49.1. The van der Waals surface area contributed by atoms with Gasteiger partial charge in [-0.3, -0.25) is 14.5 Å². The molecule has 0 aromatic heterocycles. The molecule has 3 aliphatic rings. The zero-order valence-electron chi connectivity index (χ0n) is 25.8. The van der Waals surface area contributed by atoms with Gasteiger partial charge >= 0.3 is 12.0 Å². The number of urea groups is 1. The SMILES string of the molecule is CCCCN(CCCCN(C)C)C(=O)CN1C[C@H](c2ccc3c(c2)OCO3)[C@@H](C(=O)O)[C@@H]1CCN1CCCN(C)C1=O. The Balaban J connectivity index is 1.54. The number of likely N-dealkylation sites (tertiary alicyclic amines) is 1. The summed E-state index contributed by atoms with van der Waals surface area (Å²) < 4.78 is 11.1. The second-order valence-electron chi connectivity index (χ2n) is 12.2. The molecule has 0 bridgehead atoms. The summed E-state index contributed by atoms with van der Waals surface area (Å²) >= 11 is 0. The monoisotopic (exact) mass is 587 g/mol. The highest BCUT2D eigenvalue weighted by molar-refractivity contribution is 5.79. The lowest BCUT2D eigenvalue weighted by molar-refractivity contribution is -0.144. The lowest BCUT2D eigenvalue weighted by atomic mass is 9.84. The minimum absolute atomic E-state index is 0.0236. The van der Waals surface area contributed by atoms with Gasteiger partial charge in [0.2, 0.25) is 12.7 Å². The number of aliphatic carboxylic acids is 1. The number of carboxylic acids is 1. The van der Waals surface area contributed by atoms with Crippen LogP contribution >= 0.6 is 0 Å². The number of nitrogens with zero attached hydrogens (tertiary/aromatic N) is 5. The third-order valence-electron chi connectivity index (χ3n) is 8.83. The van der Waals surface area contributed by atoms with Crippen molar-refractivity contribution >= 4 is 17.9 Å². The Kier molecular flexibility index (Phi) is 11.3. The quantitative estimate of drug-likeness (QED) is 0.312. The molecule has 0 spiro atoms. The maximum atomic E-state index is 13.8. The van der Waals surface area contributed by atoms with Crippen LogP contribution in [0.2, 0.25) is 0 Å². The van der Waals surface area contributed by atoms with E-state index >= 15 is 0 Å². The van der Waals surface area contributed by atoms with Gasteiger partial charge in [0, 0.05) is 58.3 Å². The van der Waals surface area contributed by atoms with Crippen molar-refractivity contribution in [2.75, 3.05) is 80.3 Å². The van der Waals surface area contributed by atoms with E-state index in [1.54, 1.807) is 11.9 Å². The van der Waals surface area contributed by atoms with E-state index in [0.717, 1.165) is 50.8 Å². The van der Waals surface area contributed by atoms with Gasteiger partial charge in [0.15, 0.2) is 11.5 Å². The predicted octanol–water partition coefficient (Wildman–Crippen LogP) is 3.00. The molecule has 0 aliphatic carbocycles. The van der Waals surface area contributed by atoms with Crippen molar-refractivity contribution in [1.29, 1.82) is 0 Å². The van der Waals surface area contributed by atoms with Crippen LogP contribution < -0.4 is 9.47 Å². The zero-order valence-corrected chi connectivity index (χ0v) is 25.8. The second kappa shape index (κ2) is 14.9. The molecule has 0 radical (unpaired) electrons. The van der Waals surface area contributed by atoms with Crippen LogP contribution in [0.4, 0.5) is 4.79 Å². The highest BCUT2D eigenvalue weighted by Crippen LogP contribution is 2.42. The molecule has 234 valence electrons. The Morgan fingerprint density at radius 1 is 1.05 bits per heavy atom. The van der Waals surface area contributed by atoms with Crippen molar-refractivity contribution in [3.05, 3.63) is 23.8 Å². The van der Waals surface area contributed by atoms with E-state index in [0.29, 0.717) is 50.6 Å². The van der Waals surface area contributed by atoms with Crippen molar-refractivity contribution < 1.29 is 29.0 Å². The third kappa shape index (κ3) is 7.86. The van der Waals surface area contributed by atoms with Crippen molar-refractivity contribution in [3.63, 3.8) is 0 Å². The first-order valence-corrected chi connectivity index (χ1v) is 15.5. The number of rotatable bonds is 15. The minimum Gasteiger partial charge on any atom is -0.481 e. The van der Waals surface area contributed by atoms with Crippen LogP contribution in [-0.2, 0) is 9.59 Å². The average Bonchev–Trinajstić information content (AvgIpc) is 3.57. The van der Waals surface area contributed by atoms with Crippen molar-refractivity contribution in [1.82, 2.24) is 24.5 Å². The number of hydrogen-bond acceptors (Lipinski definition) is 7. The highest BCUT2D eigenvalue weighted by atomic mass is 16.7. The topological polar surface area (TPSA) is 106 Å². The number of ether oxygens (including phenoxy) is 2. The summed E-state index contributed by atoms with van der Waals surface area (Å²) in [6.07, 6.45) is 5.25. The van der Waals surface area contributed by atoms with Crippen molar-refractivity contribution in [2.45, 2.75) is 57.4 Å². The maximum absolute atomic E-state index is 13.8. The lowest BCUT2D eigenvalue weighted by Gasteiger charge is -2.35. The molecule has 4 rings (SSSR count). The minimum atomic E-state index is -0.883. The summed E-state index contributed by atoms with van der Waals surface area (Å²) in [5.41, 5.74) is 0.868. The highest BCUT2D eigenvalue weighted by Gasteiger charge is 2.47. The smallest absolute Gasteiger partial charge is 0.319 e. The number of amides is 3. The second-order valence-corrected chi connectivity index (χ2v) is 12.2. The number of fused-ring (bicyclic) bond motifs is 1. The number of carbonyl (C=O) groups is 3. The van der Waals surface area contributed by atoms with Gasteiger partial charge in [0.05, 0.1) is 12.5 Å². The maximum Gasteiger partial charge on any atom is 0.319 e. The first kappa shape index (κ1) is 31.9. The summed E-state index contributed by atoms with van der Waals surface area (Å²) in [6.45, 7) is 7.12. The molecule has 1 aromatic carbocycles. The van der Waals surface area contributed by atoms with Gasteiger partial charge in [-0.15, -0.1) is 0 Å². The Morgan fingerprint density at radius 2 is 1.79 bits per heavy atom. The van der Waals surface area contributed by atoms with E-state index < -0.39 is 11.9 Å². The fourth-order valence-electron chi connectivity index (χ4n) is 6.48. The van der Waals surface area contributed by atoms with E-state index in [2.05, 4.69) is 30.8 Å². The van der Waals surface area contributed by atoms with Gasteiger partial charge in [-0.2, -0.15) is 0 Å². The van der Waals surface area contributed by atoms with Crippen LogP contribution in [0, 0.1) is 5.92 Å². The predicted molar refractivity (Wildman–Crippen MR) is 160 cm³/mol. The van der Waals surface area contributed by atoms with Gasteiger partial charge < -0.3 is 34.2 Å². The lowest BCUT2D eigenvalue weighted by Crippen LogP contribution is -2.50. The zero-order chi connectivity index (χ0) is 30.2. The molecule has 0 saturated carbocycles. The molecule has 11 heteroatoms. The summed E-state index contributed by atoms with van der Waals surface area (Å²) in [5.74, 6) is -0.610. The molecular formula is C31H49N5O6. The van der Waals surface area contributed by atoms with Gasteiger partial charge in [-0.25, -0.2) is 4.79 Å². The molecule has 3 heterocycles. The van der Waals surface area contributed by atoms with Crippen LogP contribution in [-0.4, -0.2) is 134 Å². The first-order chi connectivity index (χ1) is 20.2. The molecule has 11 nitrogen and oxygen atoms in total. The molecule has 2 fully saturated rings. The van der Waals surface area contributed by atoms with Gasteiger partial charge in [-0.05, 0) is 70.4 Å². The molecule has 42 heavy (non-hydrogen) atoms. The van der Waals surface area contributed by atoms with E-state index in [-0.39, 0.29) is 37.2 Å². The van der Waals surface area contributed by atoms with Gasteiger partial charge in [-0.1, -0.05) is 19.4 Å². The molecule has 1 N–H and O–H groups in total. The molecule has 3 amide bonds. The molecule has 3 aliphatic heterocycles. The molecule has 2 saturated heterocycles. The summed E-state index contributed by atoms with van der Waals surface area (Å²) in [7, 11) is 5.91. The normalized spacial score (nSPS) is 22.3. The number of hydrogen-bond donors (Lipinski definition) is 1. The molecule has 3 atom stereocenters. The van der Waals surface area contributed by atoms with Crippen LogP contribution in [0.5, 0.6) is 11.5 Å². The van der Waals surface area contributed by atoms with Crippen molar-refractivity contribution in [3.8, 4) is 11.5 Å². The average molecular weight is 588 g/mol. The number of carboxylic acid groups (broad SMARTS) is 1. The van der Waals surface area contributed by atoms with Crippen LogP contribution in [0.15, 0.2) is 18.2 Å². The molecular weight excluding hydrogens is 538 g/mol. The standard InChI is InChI=1S/C31H49N5O6/c1-5-6-15-34(16-8-7-13-32(2)3)28(37)21-36-20-24(23-10-11-26-27(19-23)42-22-41-26)29(30(38)39)25(36)12-18-35-17-9-14-33(4)31(35)40/h10-11,19,24-25,29H,5-9,12-18,20-22H2,1-4H3,(H,38,39)/t24-,25+,29-/m1/s1. The third-order valence-corrected chi connectivity index (χ3v) is 8.83. The Labute approximate surface area is 250 Å². The van der Waals surface area contributed by atoms with Crippen molar-refractivity contribution in [2.24, 2.45) is 5.92 Å². The fourth-order valence-corrected chi connectivity index (χ4v) is 6.48. The van der Waals surface area contributed by atoms with Gasteiger partial charge in [0.25, 0.3) is 0 Å². The van der Waals surface area contributed by atoms with Crippen LogP contribution in [0.3, 0.4) is 0 Å². The van der Waals surface area contributed by atoms with E-state index in [9.17, 15) is 19.5 Å². The Morgan fingerprint density at radius 3 is 2.52 bits per heavy atom. The van der Waals surface area contributed by atoms with E-state index in [1.807, 2.05) is 28.0 Å². The number of carbonyl (C=O) groups excluding carboxylic acids is 2. The van der Waals surface area contributed by atoms with Gasteiger partial charge in [0.1, 0.15) is 0 Å². The fraction of sp³-hybridized carbons (Fsp3) is 0.710. The number of unbranched alkanes of at least 4 members (excludes halogenated alkanes) is 2. The molecule has 0 unspecified atom stereocenters. The summed E-state index contributed by atoms with van der Waals surface area (Å²) in [5, 5.41) is 10.5. The molecule has 1 aromatic rings. The number of benzene rings is 1. The summed E-state index contributed by atoms with van der Waals surface area (Å²) in [6, 6.07) is 5.22. The largest absolute Gasteiger partial charge is 0.481 e. The van der Waals surface area contributed by atoms with Crippen LogP contribution in [0.25, 0.3) is 0 Å². The van der Waals surface area contributed by atoms with Crippen LogP contribution in [0.1, 0.15) is 56.9 Å². The van der Waals surface area contributed by atoms with E-state index in [1.165, 1.54) is 0 Å². The first-order valence-electron chi connectivity index (χ1n) is 15.5. The Hall–Kier alpha value is -3.05. The Bertz CT molecular complexity index is 1080. The van der Waals surface area contributed by atoms with E-state index in [4.69, 9.17) is 9.47 Å².